The van der Waals surface area contributed by atoms with E-state index in [1.807, 2.05) is 0 Å². The van der Waals surface area contributed by atoms with Gasteiger partial charge < -0.3 is 9.64 Å². The maximum Gasteiger partial charge on any atom is 0.0936 e. The lowest BCUT2D eigenvalue weighted by Gasteiger charge is -2.34. The number of ether oxygens (including phenoxy) is 1. The van der Waals surface area contributed by atoms with E-state index >= 15 is 0 Å². The number of hydrogen-bond acceptors (Lipinski definition) is 3. The summed E-state index contributed by atoms with van der Waals surface area (Å²) in [5.41, 5.74) is 0. The summed E-state index contributed by atoms with van der Waals surface area (Å²) in [6.45, 7) is 8.62. The largest absolute Gasteiger partial charge is 0.372 e. The van der Waals surface area contributed by atoms with Gasteiger partial charge in [-0.1, -0.05) is 0 Å². The summed E-state index contributed by atoms with van der Waals surface area (Å²) < 4.78 is 5.26. The molecule has 3 rings (SSSR count). The predicted octanol–water partition coefficient (Wildman–Crippen LogP) is 0.413. The Morgan fingerprint density at radius 1 is 0.929 bits per heavy atom. The molecular formula is C11H20N2O. The molecule has 2 heterocycles. The van der Waals surface area contributed by atoms with E-state index < -0.39 is 0 Å². The van der Waals surface area contributed by atoms with Crippen molar-refractivity contribution in [3.8, 4) is 0 Å². The molecule has 0 spiro atoms. The van der Waals surface area contributed by atoms with Crippen LogP contribution < -0.4 is 0 Å². The minimum absolute atomic E-state index is 0.574. The zero-order valence-corrected chi connectivity index (χ0v) is 8.82. The van der Waals surface area contributed by atoms with E-state index in [4.69, 9.17) is 4.74 Å². The molecule has 3 fully saturated rings. The van der Waals surface area contributed by atoms with Gasteiger partial charge in [-0.05, 0) is 18.8 Å². The van der Waals surface area contributed by atoms with Gasteiger partial charge in [-0.3, -0.25) is 4.90 Å². The summed E-state index contributed by atoms with van der Waals surface area (Å²) in [6.07, 6.45) is 3.54. The molecule has 80 valence electrons. The van der Waals surface area contributed by atoms with E-state index in [9.17, 15) is 0 Å². The normalized spacial score (nSPS) is 34.7. The van der Waals surface area contributed by atoms with Gasteiger partial charge in [0.15, 0.2) is 0 Å². The molecule has 0 amide bonds. The molecule has 0 aromatic rings. The van der Waals surface area contributed by atoms with E-state index in [2.05, 4.69) is 9.80 Å². The molecule has 3 heteroatoms. The van der Waals surface area contributed by atoms with E-state index in [1.165, 1.54) is 52.1 Å². The van der Waals surface area contributed by atoms with Crippen LogP contribution >= 0.6 is 0 Å². The Morgan fingerprint density at radius 2 is 1.50 bits per heavy atom. The molecule has 0 unspecified atom stereocenters. The standard InChI is InChI=1S/C11H20N2O/c1-2-10(1)7-12-3-5-13(6-4-12)8-11-9-14-11/h10-11H,1-9H2/t11-/m1/s1. The zero-order valence-electron chi connectivity index (χ0n) is 8.82. The fraction of sp³-hybridized carbons (Fsp3) is 1.00. The number of rotatable bonds is 4. The van der Waals surface area contributed by atoms with Crippen LogP contribution in [0.1, 0.15) is 12.8 Å². The van der Waals surface area contributed by atoms with Crippen LogP contribution in [0.15, 0.2) is 0 Å². The first kappa shape index (κ1) is 9.13. The predicted molar refractivity (Wildman–Crippen MR) is 55.3 cm³/mol. The minimum Gasteiger partial charge on any atom is -0.372 e. The first-order chi connectivity index (χ1) is 6.90. The Kier molecular flexibility index (Phi) is 2.48. The van der Waals surface area contributed by atoms with Gasteiger partial charge >= 0.3 is 0 Å². The van der Waals surface area contributed by atoms with E-state index in [1.54, 1.807) is 0 Å². The molecule has 0 radical (unpaired) electrons. The summed E-state index contributed by atoms with van der Waals surface area (Å²) in [5.74, 6) is 1.05. The van der Waals surface area contributed by atoms with Crippen LogP contribution in [0.25, 0.3) is 0 Å². The molecule has 0 aromatic carbocycles. The Hall–Kier alpha value is -0.120. The lowest BCUT2D eigenvalue weighted by atomic mass is 10.2. The first-order valence-electron chi connectivity index (χ1n) is 5.96. The van der Waals surface area contributed by atoms with E-state index in [0.29, 0.717) is 6.10 Å². The molecule has 0 aromatic heterocycles. The molecule has 2 saturated heterocycles. The lowest BCUT2D eigenvalue weighted by molar-refractivity contribution is 0.121. The topological polar surface area (TPSA) is 19.0 Å². The minimum atomic E-state index is 0.574. The van der Waals surface area contributed by atoms with Crippen LogP contribution in [-0.2, 0) is 4.74 Å². The average Bonchev–Trinajstić information content (AvgIpc) is 3.02. The van der Waals surface area contributed by atoms with Crippen LogP contribution in [-0.4, -0.2) is 61.8 Å². The second-order valence-electron chi connectivity index (χ2n) is 5.00. The van der Waals surface area contributed by atoms with Gasteiger partial charge in [0, 0.05) is 39.3 Å². The highest BCUT2D eigenvalue weighted by Gasteiger charge is 2.29. The maximum atomic E-state index is 5.26. The molecule has 3 nitrogen and oxygen atoms in total. The van der Waals surface area contributed by atoms with Crippen LogP contribution in [0.4, 0.5) is 0 Å². The molecular weight excluding hydrogens is 176 g/mol. The summed E-state index contributed by atoms with van der Waals surface area (Å²) in [6, 6.07) is 0. The SMILES string of the molecule is C1CC1CN1CCN(C[C@@H]2CO2)CC1. The Labute approximate surface area is 86.0 Å². The average molecular weight is 196 g/mol. The Balaban J connectivity index is 1.37. The van der Waals surface area contributed by atoms with Crippen molar-refractivity contribution < 1.29 is 4.74 Å². The summed E-state index contributed by atoms with van der Waals surface area (Å²) >= 11 is 0. The molecule has 1 atom stereocenters. The lowest BCUT2D eigenvalue weighted by Crippen LogP contribution is -2.47. The van der Waals surface area contributed by atoms with Crippen molar-refractivity contribution in [1.29, 1.82) is 0 Å². The van der Waals surface area contributed by atoms with E-state index in [-0.39, 0.29) is 0 Å². The number of nitrogens with zero attached hydrogens (tertiary/aromatic N) is 2. The summed E-state index contributed by atoms with van der Waals surface area (Å²) in [5, 5.41) is 0. The zero-order chi connectivity index (χ0) is 9.38. The number of epoxide rings is 1. The van der Waals surface area contributed by atoms with Crippen LogP contribution in [0.3, 0.4) is 0 Å². The third-order valence-electron chi connectivity index (χ3n) is 3.54. The smallest absolute Gasteiger partial charge is 0.0936 e. The highest BCUT2D eigenvalue weighted by atomic mass is 16.6. The van der Waals surface area contributed by atoms with Gasteiger partial charge in [-0.2, -0.15) is 0 Å². The van der Waals surface area contributed by atoms with Gasteiger partial charge in [0.25, 0.3) is 0 Å². The van der Waals surface area contributed by atoms with E-state index in [0.717, 1.165) is 12.5 Å². The van der Waals surface area contributed by atoms with Crippen molar-refractivity contribution in [3.63, 3.8) is 0 Å². The van der Waals surface area contributed by atoms with Gasteiger partial charge in [-0.15, -0.1) is 0 Å². The van der Waals surface area contributed by atoms with Crippen molar-refractivity contribution in [2.45, 2.75) is 18.9 Å². The monoisotopic (exact) mass is 196 g/mol. The van der Waals surface area contributed by atoms with Crippen LogP contribution in [0.5, 0.6) is 0 Å². The number of hydrogen-bond donors (Lipinski definition) is 0. The third-order valence-corrected chi connectivity index (χ3v) is 3.54. The molecule has 3 aliphatic rings. The molecule has 0 N–H and O–H groups in total. The van der Waals surface area contributed by atoms with Crippen LogP contribution in [0.2, 0.25) is 0 Å². The molecule has 14 heavy (non-hydrogen) atoms. The maximum absolute atomic E-state index is 5.26. The van der Waals surface area contributed by atoms with Crippen molar-refractivity contribution in [3.05, 3.63) is 0 Å². The number of piperazine rings is 1. The fourth-order valence-corrected chi connectivity index (χ4v) is 2.28. The van der Waals surface area contributed by atoms with Crippen molar-refractivity contribution in [2.24, 2.45) is 5.92 Å². The Morgan fingerprint density at radius 3 is 2.00 bits per heavy atom. The Bertz CT molecular complexity index is 171. The highest BCUT2D eigenvalue weighted by molar-refractivity contribution is 4.82. The van der Waals surface area contributed by atoms with Crippen molar-refractivity contribution in [2.75, 3.05) is 45.9 Å². The van der Waals surface area contributed by atoms with Crippen molar-refractivity contribution in [1.82, 2.24) is 9.80 Å². The molecule has 0 bridgehead atoms. The second kappa shape index (κ2) is 3.80. The second-order valence-corrected chi connectivity index (χ2v) is 5.00. The molecule has 1 saturated carbocycles. The molecule has 2 aliphatic heterocycles. The van der Waals surface area contributed by atoms with Gasteiger partial charge in [0.05, 0.1) is 12.7 Å². The van der Waals surface area contributed by atoms with Crippen LogP contribution in [0, 0.1) is 5.92 Å². The summed E-state index contributed by atoms with van der Waals surface area (Å²) in [4.78, 5) is 5.20. The fourth-order valence-electron chi connectivity index (χ4n) is 2.28. The van der Waals surface area contributed by atoms with Gasteiger partial charge in [0.2, 0.25) is 0 Å². The van der Waals surface area contributed by atoms with Crippen molar-refractivity contribution >= 4 is 0 Å². The van der Waals surface area contributed by atoms with Gasteiger partial charge in [0.1, 0.15) is 0 Å². The quantitative estimate of drug-likeness (QED) is 0.607. The third kappa shape index (κ3) is 2.47. The highest BCUT2D eigenvalue weighted by Crippen LogP contribution is 2.29. The first-order valence-corrected chi connectivity index (χ1v) is 5.96. The summed E-state index contributed by atoms with van der Waals surface area (Å²) in [7, 11) is 0. The van der Waals surface area contributed by atoms with Gasteiger partial charge in [-0.25, -0.2) is 0 Å². The molecule has 1 aliphatic carbocycles.